The number of hydrogen-bond acceptors (Lipinski definition) is 3. The predicted octanol–water partition coefficient (Wildman–Crippen LogP) is 4.07. The number of carbonyl (C=O) groups is 1. The van der Waals surface area contributed by atoms with Crippen LogP contribution in [0.25, 0.3) is 0 Å². The van der Waals surface area contributed by atoms with Crippen LogP contribution in [0.5, 0.6) is 0 Å². The molecule has 1 aromatic carbocycles. The zero-order valence-corrected chi connectivity index (χ0v) is 12.3. The molecule has 2 unspecified atom stereocenters. The number of allylic oxidation sites excluding steroid dienone is 2. The van der Waals surface area contributed by atoms with E-state index in [1.807, 2.05) is 25.1 Å². The molecule has 1 aromatic rings. The van der Waals surface area contributed by atoms with Gasteiger partial charge in [-0.2, -0.15) is 0 Å². The number of thioether (sulfide) groups is 1. The first kappa shape index (κ1) is 14.2. The van der Waals surface area contributed by atoms with Crippen molar-refractivity contribution in [2.24, 2.45) is 5.92 Å². The summed E-state index contributed by atoms with van der Waals surface area (Å²) >= 11 is 1.64. The van der Waals surface area contributed by atoms with Gasteiger partial charge < -0.3 is 4.74 Å². The maximum Gasteiger partial charge on any atom is 0.322 e. The number of ether oxygens (including phenoxy) is 1. The van der Waals surface area contributed by atoms with Crippen molar-refractivity contribution in [3.8, 4) is 0 Å². The zero-order valence-electron chi connectivity index (χ0n) is 11.5. The summed E-state index contributed by atoms with van der Waals surface area (Å²) < 4.78 is 4.84. The molecular formula is C16H20O2S. The number of carbonyl (C=O) groups excluding carboxylic acids is 1. The van der Waals surface area contributed by atoms with Gasteiger partial charge in [-0.1, -0.05) is 37.3 Å². The second-order valence-electron chi connectivity index (χ2n) is 4.94. The highest BCUT2D eigenvalue weighted by Gasteiger charge is 2.42. The smallest absolute Gasteiger partial charge is 0.322 e. The largest absolute Gasteiger partial charge is 0.465 e. The van der Waals surface area contributed by atoms with Crippen LogP contribution in [0, 0.1) is 5.92 Å². The average Bonchev–Trinajstić information content (AvgIpc) is 2.40. The van der Waals surface area contributed by atoms with E-state index in [4.69, 9.17) is 4.74 Å². The van der Waals surface area contributed by atoms with E-state index in [9.17, 15) is 4.79 Å². The van der Waals surface area contributed by atoms with E-state index < -0.39 is 4.75 Å². The molecule has 0 amide bonds. The third-order valence-corrected chi connectivity index (χ3v) is 4.67. The Bertz CT molecular complexity index is 455. The fraction of sp³-hybridized carbons (Fsp3) is 0.438. The zero-order chi connectivity index (χ0) is 13.7. The van der Waals surface area contributed by atoms with Crippen LogP contribution < -0.4 is 0 Å². The second kappa shape index (κ2) is 6.29. The summed E-state index contributed by atoms with van der Waals surface area (Å²) in [5.41, 5.74) is 0. The van der Waals surface area contributed by atoms with Gasteiger partial charge in [0, 0.05) is 4.90 Å². The van der Waals surface area contributed by atoms with Crippen molar-refractivity contribution in [2.75, 3.05) is 6.61 Å². The van der Waals surface area contributed by atoms with Crippen LogP contribution in [-0.4, -0.2) is 17.3 Å². The van der Waals surface area contributed by atoms with Crippen LogP contribution in [-0.2, 0) is 9.53 Å². The minimum absolute atomic E-state index is 0.0833. The van der Waals surface area contributed by atoms with Crippen LogP contribution in [0.1, 0.15) is 26.7 Å². The monoisotopic (exact) mass is 276 g/mol. The summed E-state index contributed by atoms with van der Waals surface area (Å²) in [6, 6.07) is 10.1. The maximum absolute atomic E-state index is 12.4. The Morgan fingerprint density at radius 3 is 2.79 bits per heavy atom. The van der Waals surface area contributed by atoms with Gasteiger partial charge in [0.15, 0.2) is 0 Å². The Kier molecular flexibility index (Phi) is 4.70. The molecule has 0 saturated carbocycles. The van der Waals surface area contributed by atoms with Gasteiger partial charge in [0.1, 0.15) is 4.75 Å². The lowest BCUT2D eigenvalue weighted by Gasteiger charge is -2.34. The molecule has 0 bridgehead atoms. The van der Waals surface area contributed by atoms with Crippen molar-refractivity contribution in [1.82, 2.24) is 0 Å². The number of benzene rings is 1. The molecule has 0 aliphatic heterocycles. The van der Waals surface area contributed by atoms with Gasteiger partial charge in [-0.3, -0.25) is 4.79 Å². The van der Waals surface area contributed by atoms with E-state index in [1.54, 1.807) is 11.8 Å². The molecule has 1 aliphatic rings. The van der Waals surface area contributed by atoms with E-state index in [2.05, 4.69) is 31.2 Å². The SMILES string of the molecule is CCOC(=O)C1(Sc2ccccc2)CC=CC(C)C1. The highest BCUT2D eigenvalue weighted by molar-refractivity contribution is 8.01. The standard InChI is InChI=1S/C16H20O2S/c1-3-18-15(17)16(11-7-8-13(2)12-16)19-14-9-5-4-6-10-14/h4-10,13H,3,11-12H2,1-2H3. The fourth-order valence-electron chi connectivity index (χ4n) is 2.43. The van der Waals surface area contributed by atoms with Gasteiger partial charge in [0.25, 0.3) is 0 Å². The van der Waals surface area contributed by atoms with Gasteiger partial charge in [0.05, 0.1) is 6.61 Å². The molecule has 0 radical (unpaired) electrons. The Labute approximate surface area is 119 Å². The van der Waals surface area contributed by atoms with Crippen molar-refractivity contribution in [3.63, 3.8) is 0 Å². The normalized spacial score (nSPS) is 26.1. The summed E-state index contributed by atoms with van der Waals surface area (Å²) in [6.45, 7) is 4.45. The minimum Gasteiger partial charge on any atom is -0.465 e. The van der Waals surface area contributed by atoms with Crippen molar-refractivity contribution in [2.45, 2.75) is 36.3 Å². The molecular weight excluding hydrogens is 256 g/mol. The second-order valence-corrected chi connectivity index (χ2v) is 6.40. The molecule has 0 aromatic heterocycles. The Balaban J connectivity index is 2.24. The van der Waals surface area contributed by atoms with E-state index in [0.717, 1.165) is 17.7 Å². The van der Waals surface area contributed by atoms with E-state index in [1.165, 1.54) is 0 Å². The number of rotatable bonds is 4. The van der Waals surface area contributed by atoms with Crippen molar-refractivity contribution < 1.29 is 9.53 Å². The molecule has 0 fully saturated rings. The van der Waals surface area contributed by atoms with Gasteiger partial charge in [0.2, 0.25) is 0 Å². The van der Waals surface area contributed by atoms with Crippen molar-refractivity contribution >= 4 is 17.7 Å². The third kappa shape index (κ3) is 3.41. The van der Waals surface area contributed by atoms with Crippen LogP contribution in [0.3, 0.4) is 0 Å². The predicted molar refractivity (Wildman–Crippen MR) is 79.2 cm³/mol. The lowest BCUT2D eigenvalue weighted by Crippen LogP contribution is -2.39. The molecule has 102 valence electrons. The van der Waals surface area contributed by atoms with Crippen LogP contribution in [0.15, 0.2) is 47.4 Å². The molecule has 2 atom stereocenters. The van der Waals surface area contributed by atoms with Crippen LogP contribution in [0.4, 0.5) is 0 Å². The molecule has 0 heterocycles. The van der Waals surface area contributed by atoms with E-state index in [-0.39, 0.29) is 5.97 Å². The summed E-state index contributed by atoms with van der Waals surface area (Å²) in [6.07, 6.45) is 5.88. The van der Waals surface area contributed by atoms with E-state index in [0.29, 0.717) is 12.5 Å². The average molecular weight is 276 g/mol. The fourth-order valence-corrected chi connectivity index (χ4v) is 3.84. The molecule has 0 N–H and O–H groups in total. The topological polar surface area (TPSA) is 26.3 Å². The first-order chi connectivity index (χ1) is 9.16. The van der Waals surface area contributed by atoms with Crippen LogP contribution >= 0.6 is 11.8 Å². The Morgan fingerprint density at radius 1 is 1.42 bits per heavy atom. The first-order valence-electron chi connectivity index (χ1n) is 6.74. The third-order valence-electron chi connectivity index (χ3n) is 3.27. The molecule has 0 saturated heterocycles. The van der Waals surface area contributed by atoms with Gasteiger partial charge >= 0.3 is 5.97 Å². The highest BCUT2D eigenvalue weighted by atomic mass is 32.2. The van der Waals surface area contributed by atoms with Gasteiger partial charge in [-0.15, -0.1) is 11.8 Å². The first-order valence-corrected chi connectivity index (χ1v) is 7.56. The van der Waals surface area contributed by atoms with Crippen molar-refractivity contribution in [3.05, 3.63) is 42.5 Å². The molecule has 19 heavy (non-hydrogen) atoms. The van der Waals surface area contributed by atoms with E-state index >= 15 is 0 Å². The Hall–Kier alpha value is -1.22. The summed E-state index contributed by atoms with van der Waals surface area (Å²) in [4.78, 5) is 13.5. The number of esters is 1. The molecule has 3 heteroatoms. The lowest BCUT2D eigenvalue weighted by atomic mass is 9.87. The Morgan fingerprint density at radius 2 is 2.16 bits per heavy atom. The minimum atomic E-state index is -0.467. The van der Waals surface area contributed by atoms with Gasteiger partial charge in [-0.05, 0) is 37.8 Å². The maximum atomic E-state index is 12.4. The molecule has 2 nitrogen and oxygen atoms in total. The molecule has 1 aliphatic carbocycles. The lowest BCUT2D eigenvalue weighted by molar-refractivity contribution is -0.146. The molecule has 0 spiro atoms. The molecule has 2 rings (SSSR count). The summed E-state index contributed by atoms with van der Waals surface area (Å²) in [5.74, 6) is 0.328. The van der Waals surface area contributed by atoms with Gasteiger partial charge in [-0.25, -0.2) is 0 Å². The highest BCUT2D eigenvalue weighted by Crippen LogP contribution is 2.44. The quantitative estimate of drug-likeness (QED) is 0.612. The van der Waals surface area contributed by atoms with Crippen molar-refractivity contribution in [1.29, 1.82) is 0 Å². The van der Waals surface area contributed by atoms with Crippen LogP contribution in [0.2, 0.25) is 0 Å². The summed E-state index contributed by atoms with van der Waals surface area (Å²) in [5, 5.41) is 0. The summed E-state index contributed by atoms with van der Waals surface area (Å²) in [7, 11) is 0. The number of hydrogen-bond donors (Lipinski definition) is 0.